The second-order valence-electron chi connectivity index (χ2n) is 4.83. The van der Waals surface area contributed by atoms with Gasteiger partial charge in [-0.3, -0.25) is 0 Å². The molecular formula is C17H21NO2. The van der Waals surface area contributed by atoms with Gasteiger partial charge in [0, 0.05) is 18.3 Å². The Kier molecular flexibility index (Phi) is 4.88. The molecule has 106 valence electrons. The summed E-state index contributed by atoms with van der Waals surface area (Å²) >= 11 is 0. The minimum Gasteiger partial charge on any atom is -0.497 e. The van der Waals surface area contributed by atoms with Crippen molar-refractivity contribution in [2.24, 2.45) is 0 Å². The second-order valence-corrected chi connectivity index (χ2v) is 4.83. The van der Waals surface area contributed by atoms with E-state index in [4.69, 9.17) is 9.47 Å². The van der Waals surface area contributed by atoms with Gasteiger partial charge in [0.1, 0.15) is 18.1 Å². The predicted octanol–water partition coefficient (Wildman–Crippen LogP) is 3.80. The second kappa shape index (κ2) is 6.85. The summed E-state index contributed by atoms with van der Waals surface area (Å²) in [6, 6.07) is 14.1. The molecule has 0 saturated heterocycles. The molecule has 0 bridgehead atoms. The van der Waals surface area contributed by atoms with Crippen molar-refractivity contribution in [3.05, 3.63) is 53.6 Å². The molecule has 0 atom stereocenters. The van der Waals surface area contributed by atoms with E-state index in [1.165, 1.54) is 11.1 Å². The van der Waals surface area contributed by atoms with E-state index in [1.54, 1.807) is 7.11 Å². The number of aryl methyl sites for hydroxylation is 2. The largest absolute Gasteiger partial charge is 0.497 e. The number of benzene rings is 2. The van der Waals surface area contributed by atoms with E-state index >= 15 is 0 Å². The van der Waals surface area contributed by atoms with E-state index in [-0.39, 0.29) is 0 Å². The number of anilines is 1. The highest BCUT2D eigenvalue weighted by atomic mass is 16.5. The molecule has 2 aromatic carbocycles. The Morgan fingerprint density at radius 2 is 1.70 bits per heavy atom. The molecule has 0 aliphatic carbocycles. The summed E-state index contributed by atoms with van der Waals surface area (Å²) in [7, 11) is 1.67. The van der Waals surface area contributed by atoms with E-state index in [0.29, 0.717) is 6.61 Å². The number of nitrogens with one attached hydrogen (secondary N) is 1. The Balaban J connectivity index is 1.81. The van der Waals surface area contributed by atoms with Gasteiger partial charge in [-0.15, -0.1) is 0 Å². The van der Waals surface area contributed by atoms with Crippen LogP contribution < -0.4 is 14.8 Å². The van der Waals surface area contributed by atoms with Crippen LogP contribution in [-0.2, 0) is 0 Å². The molecule has 2 aromatic rings. The van der Waals surface area contributed by atoms with Gasteiger partial charge in [-0.25, -0.2) is 0 Å². The van der Waals surface area contributed by atoms with Crippen molar-refractivity contribution in [3.8, 4) is 11.5 Å². The van der Waals surface area contributed by atoms with Gasteiger partial charge in [-0.05, 0) is 49.2 Å². The Morgan fingerprint density at radius 3 is 2.40 bits per heavy atom. The Morgan fingerprint density at radius 1 is 0.950 bits per heavy atom. The summed E-state index contributed by atoms with van der Waals surface area (Å²) in [5.74, 6) is 1.78. The van der Waals surface area contributed by atoms with Crippen molar-refractivity contribution in [2.75, 3.05) is 25.6 Å². The molecule has 0 fully saturated rings. The van der Waals surface area contributed by atoms with Gasteiger partial charge in [0.2, 0.25) is 0 Å². The molecule has 0 heterocycles. The summed E-state index contributed by atoms with van der Waals surface area (Å²) in [6.45, 7) is 5.53. The van der Waals surface area contributed by atoms with Crippen LogP contribution in [0.4, 0.5) is 5.69 Å². The molecule has 1 N–H and O–H groups in total. The van der Waals surface area contributed by atoms with Gasteiger partial charge in [-0.2, -0.15) is 0 Å². The molecule has 2 rings (SSSR count). The predicted molar refractivity (Wildman–Crippen MR) is 82.9 cm³/mol. The lowest BCUT2D eigenvalue weighted by molar-refractivity contribution is 0.332. The van der Waals surface area contributed by atoms with E-state index in [2.05, 4.69) is 37.4 Å². The van der Waals surface area contributed by atoms with Gasteiger partial charge < -0.3 is 14.8 Å². The van der Waals surface area contributed by atoms with Gasteiger partial charge in [0.25, 0.3) is 0 Å². The highest BCUT2D eigenvalue weighted by Crippen LogP contribution is 2.17. The molecule has 20 heavy (non-hydrogen) atoms. The third-order valence-corrected chi connectivity index (χ3v) is 2.96. The molecule has 0 aliphatic rings. The smallest absolute Gasteiger partial charge is 0.120 e. The molecular weight excluding hydrogens is 250 g/mol. The molecule has 0 aromatic heterocycles. The monoisotopic (exact) mass is 271 g/mol. The van der Waals surface area contributed by atoms with Crippen LogP contribution in [0.1, 0.15) is 11.1 Å². The first-order valence-electron chi connectivity index (χ1n) is 6.76. The van der Waals surface area contributed by atoms with E-state index in [9.17, 15) is 0 Å². The Hall–Kier alpha value is -2.16. The van der Waals surface area contributed by atoms with Crippen molar-refractivity contribution in [1.29, 1.82) is 0 Å². The van der Waals surface area contributed by atoms with Crippen LogP contribution in [-0.4, -0.2) is 20.3 Å². The molecule has 3 nitrogen and oxygen atoms in total. The standard InChI is InChI=1S/C17H21NO2/c1-13-9-14(2)11-17(10-13)20-8-7-18-15-5-4-6-16(12-15)19-3/h4-6,9-12,18H,7-8H2,1-3H3. The minimum atomic E-state index is 0.625. The lowest BCUT2D eigenvalue weighted by Gasteiger charge is -2.10. The van der Waals surface area contributed by atoms with Crippen molar-refractivity contribution in [2.45, 2.75) is 13.8 Å². The van der Waals surface area contributed by atoms with Crippen LogP contribution in [0, 0.1) is 13.8 Å². The number of ether oxygens (including phenoxy) is 2. The van der Waals surface area contributed by atoms with Gasteiger partial charge in [0.15, 0.2) is 0 Å². The SMILES string of the molecule is COc1cccc(NCCOc2cc(C)cc(C)c2)c1. The Bertz CT molecular complexity index is 546. The average Bonchev–Trinajstić information content (AvgIpc) is 2.43. The van der Waals surface area contributed by atoms with Crippen LogP contribution in [0.25, 0.3) is 0 Å². The third kappa shape index (κ3) is 4.19. The van der Waals surface area contributed by atoms with E-state index in [1.807, 2.05) is 24.3 Å². The zero-order chi connectivity index (χ0) is 14.4. The average molecular weight is 271 g/mol. The lowest BCUT2D eigenvalue weighted by atomic mass is 10.1. The maximum absolute atomic E-state index is 5.75. The first kappa shape index (κ1) is 14.3. The van der Waals surface area contributed by atoms with Gasteiger partial charge >= 0.3 is 0 Å². The zero-order valence-corrected chi connectivity index (χ0v) is 12.3. The molecule has 0 radical (unpaired) electrons. The number of hydrogen-bond donors (Lipinski definition) is 1. The van der Waals surface area contributed by atoms with Crippen molar-refractivity contribution in [1.82, 2.24) is 0 Å². The molecule has 0 spiro atoms. The summed E-state index contributed by atoms with van der Waals surface area (Å²) < 4.78 is 10.9. The minimum absolute atomic E-state index is 0.625. The molecule has 0 unspecified atom stereocenters. The van der Waals surface area contributed by atoms with E-state index < -0.39 is 0 Å². The van der Waals surface area contributed by atoms with Crippen LogP contribution in [0.5, 0.6) is 11.5 Å². The van der Waals surface area contributed by atoms with E-state index in [0.717, 1.165) is 23.7 Å². The summed E-state index contributed by atoms with van der Waals surface area (Å²) in [4.78, 5) is 0. The molecule has 3 heteroatoms. The molecule has 0 aliphatic heterocycles. The normalized spacial score (nSPS) is 10.2. The van der Waals surface area contributed by atoms with Gasteiger partial charge in [-0.1, -0.05) is 12.1 Å². The number of methoxy groups -OCH3 is 1. The van der Waals surface area contributed by atoms with Gasteiger partial charge in [0.05, 0.1) is 7.11 Å². The fourth-order valence-corrected chi connectivity index (χ4v) is 2.11. The Labute approximate surface area is 120 Å². The fourth-order valence-electron chi connectivity index (χ4n) is 2.11. The summed E-state index contributed by atoms with van der Waals surface area (Å²) in [5, 5.41) is 3.31. The summed E-state index contributed by atoms with van der Waals surface area (Å²) in [6.07, 6.45) is 0. The van der Waals surface area contributed by atoms with Crippen LogP contribution in [0.2, 0.25) is 0 Å². The quantitative estimate of drug-likeness (QED) is 0.811. The van der Waals surface area contributed by atoms with Crippen molar-refractivity contribution >= 4 is 5.69 Å². The maximum Gasteiger partial charge on any atom is 0.120 e. The highest BCUT2D eigenvalue weighted by molar-refractivity contribution is 5.48. The topological polar surface area (TPSA) is 30.5 Å². The molecule has 0 saturated carbocycles. The van der Waals surface area contributed by atoms with Crippen LogP contribution >= 0.6 is 0 Å². The lowest BCUT2D eigenvalue weighted by Crippen LogP contribution is -2.11. The number of rotatable bonds is 6. The fraction of sp³-hybridized carbons (Fsp3) is 0.294. The zero-order valence-electron chi connectivity index (χ0n) is 12.3. The summed E-state index contributed by atoms with van der Waals surface area (Å²) in [5.41, 5.74) is 3.48. The van der Waals surface area contributed by atoms with Crippen LogP contribution in [0.15, 0.2) is 42.5 Å². The van der Waals surface area contributed by atoms with Crippen molar-refractivity contribution < 1.29 is 9.47 Å². The first-order chi connectivity index (χ1) is 9.67. The first-order valence-corrected chi connectivity index (χ1v) is 6.76. The van der Waals surface area contributed by atoms with Crippen LogP contribution in [0.3, 0.4) is 0 Å². The third-order valence-electron chi connectivity index (χ3n) is 2.96. The number of hydrogen-bond acceptors (Lipinski definition) is 3. The molecule has 0 amide bonds. The maximum atomic E-state index is 5.75. The highest BCUT2D eigenvalue weighted by Gasteiger charge is 1.98. The van der Waals surface area contributed by atoms with Crippen molar-refractivity contribution in [3.63, 3.8) is 0 Å².